The highest BCUT2D eigenvalue weighted by atomic mass is 35.5. The number of fused-ring (bicyclic) bond motifs is 1. The number of benzene rings is 2. The van der Waals surface area contributed by atoms with Gasteiger partial charge in [-0.1, -0.05) is 46.9 Å². The van der Waals surface area contributed by atoms with Crippen LogP contribution in [0.1, 0.15) is 6.42 Å². The Bertz CT molecular complexity index is 1190. The lowest BCUT2D eigenvalue weighted by molar-refractivity contribution is -0.116. The van der Waals surface area contributed by atoms with Gasteiger partial charge in [-0.2, -0.15) is 4.98 Å². The molecule has 0 fully saturated rings. The fraction of sp³-hybridized carbons (Fsp3) is 0.105. The van der Waals surface area contributed by atoms with E-state index in [4.69, 9.17) is 39.5 Å². The minimum Gasteiger partial charge on any atom is -0.491 e. The molecule has 0 unspecified atom stereocenters. The Labute approximate surface area is 185 Å². The molecule has 0 saturated heterocycles. The molecule has 0 aliphatic heterocycles. The van der Waals surface area contributed by atoms with Crippen LogP contribution < -0.4 is 10.1 Å². The monoisotopic (exact) mass is 466 g/mol. The number of carbonyl (C=O) groups is 1. The number of thiazole rings is 1. The van der Waals surface area contributed by atoms with E-state index in [1.54, 1.807) is 34.8 Å². The summed E-state index contributed by atoms with van der Waals surface area (Å²) in [6.45, 7) is 0.182. The molecule has 2 aromatic heterocycles. The van der Waals surface area contributed by atoms with Crippen molar-refractivity contribution in [3.8, 4) is 17.0 Å². The zero-order chi connectivity index (χ0) is 20.4. The van der Waals surface area contributed by atoms with E-state index in [-0.39, 0.29) is 24.9 Å². The number of halogens is 3. The first-order valence-corrected chi connectivity index (χ1v) is 10.5. The molecule has 0 radical (unpaired) electrons. The zero-order valence-electron chi connectivity index (χ0n) is 14.7. The number of ether oxygens (including phenoxy) is 1. The van der Waals surface area contributed by atoms with Crippen molar-refractivity contribution in [1.82, 2.24) is 14.6 Å². The summed E-state index contributed by atoms with van der Waals surface area (Å²) in [5.41, 5.74) is 1.48. The third-order valence-electron chi connectivity index (χ3n) is 3.96. The molecule has 0 saturated carbocycles. The molecular formula is C19H13Cl3N4O2S. The lowest BCUT2D eigenvalue weighted by Gasteiger charge is -2.07. The summed E-state index contributed by atoms with van der Waals surface area (Å²) in [4.78, 5) is 17.1. The highest BCUT2D eigenvalue weighted by Crippen LogP contribution is 2.33. The van der Waals surface area contributed by atoms with Crippen molar-refractivity contribution in [2.24, 2.45) is 0 Å². The van der Waals surface area contributed by atoms with Gasteiger partial charge in [0.2, 0.25) is 16.8 Å². The van der Waals surface area contributed by atoms with Gasteiger partial charge in [-0.05, 0) is 30.3 Å². The first-order valence-electron chi connectivity index (χ1n) is 8.48. The van der Waals surface area contributed by atoms with Gasteiger partial charge in [-0.15, -0.1) is 16.4 Å². The van der Waals surface area contributed by atoms with E-state index in [2.05, 4.69) is 15.4 Å². The van der Waals surface area contributed by atoms with Crippen molar-refractivity contribution in [2.75, 3.05) is 11.9 Å². The molecule has 29 heavy (non-hydrogen) atoms. The first kappa shape index (κ1) is 20.0. The average Bonchev–Trinajstić information content (AvgIpc) is 3.25. The quantitative estimate of drug-likeness (QED) is 0.387. The van der Waals surface area contributed by atoms with Crippen LogP contribution in [0.5, 0.6) is 5.75 Å². The fourth-order valence-corrected chi connectivity index (χ4v) is 4.02. The molecule has 10 heteroatoms. The van der Waals surface area contributed by atoms with Crippen LogP contribution in [0, 0.1) is 0 Å². The van der Waals surface area contributed by atoms with Crippen molar-refractivity contribution in [1.29, 1.82) is 0 Å². The van der Waals surface area contributed by atoms with Crippen LogP contribution in [-0.2, 0) is 4.79 Å². The Balaban J connectivity index is 1.44. The summed E-state index contributed by atoms with van der Waals surface area (Å²) in [6.07, 6.45) is 0.130. The highest BCUT2D eigenvalue weighted by molar-refractivity contribution is 7.15. The summed E-state index contributed by atoms with van der Waals surface area (Å²) < 4.78 is 7.15. The van der Waals surface area contributed by atoms with E-state index < -0.39 is 0 Å². The fourth-order valence-electron chi connectivity index (χ4n) is 2.62. The van der Waals surface area contributed by atoms with E-state index >= 15 is 0 Å². The summed E-state index contributed by atoms with van der Waals surface area (Å²) in [5.74, 6) is 0.474. The molecule has 148 valence electrons. The van der Waals surface area contributed by atoms with Gasteiger partial charge in [-0.25, -0.2) is 4.52 Å². The molecule has 4 aromatic rings. The Morgan fingerprint density at radius 1 is 1.14 bits per heavy atom. The van der Waals surface area contributed by atoms with Crippen LogP contribution in [-0.4, -0.2) is 27.1 Å². The van der Waals surface area contributed by atoms with Crippen LogP contribution in [0.2, 0.25) is 15.1 Å². The van der Waals surface area contributed by atoms with E-state index in [0.717, 1.165) is 11.3 Å². The van der Waals surface area contributed by atoms with Crippen molar-refractivity contribution in [3.63, 3.8) is 0 Å². The number of para-hydroxylation sites is 1. The van der Waals surface area contributed by atoms with Crippen LogP contribution in [0.15, 0.2) is 47.8 Å². The average molecular weight is 468 g/mol. The van der Waals surface area contributed by atoms with Gasteiger partial charge in [0, 0.05) is 16.0 Å². The van der Waals surface area contributed by atoms with Gasteiger partial charge in [0.05, 0.1) is 28.8 Å². The number of hydrogen-bond donors (Lipinski definition) is 1. The lowest BCUT2D eigenvalue weighted by atomic mass is 10.2. The largest absolute Gasteiger partial charge is 0.491 e. The predicted octanol–water partition coefficient (Wildman–Crippen LogP) is 5.83. The number of carbonyl (C=O) groups excluding carboxylic acids is 1. The van der Waals surface area contributed by atoms with E-state index in [1.165, 1.54) is 11.3 Å². The number of anilines is 1. The van der Waals surface area contributed by atoms with E-state index in [0.29, 0.717) is 25.8 Å². The van der Waals surface area contributed by atoms with Crippen molar-refractivity contribution in [2.45, 2.75) is 6.42 Å². The van der Waals surface area contributed by atoms with Crippen molar-refractivity contribution >= 4 is 63.0 Å². The molecule has 6 nitrogen and oxygen atoms in total. The van der Waals surface area contributed by atoms with Crippen LogP contribution >= 0.6 is 46.1 Å². The minimum atomic E-state index is -0.266. The summed E-state index contributed by atoms with van der Waals surface area (Å²) >= 11 is 19.8. The molecule has 0 bridgehead atoms. The number of hydrogen-bond acceptors (Lipinski definition) is 5. The third kappa shape index (κ3) is 4.48. The van der Waals surface area contributed by atoms with Gasteiger partial charge in [-0.3, -0.25) is 10.1 Å². The smallest absolute Gasteiger partial charge is 0.250 e. The maximum Gasteiger partial charge on any atom is 0.250 e. The third-order valence-corrected chi connectivity index (χ3v) is 5.65. The summed E-state index contributed by atoms with van der Waals surface area (Å²) in [6, 6.07) is 12.3. The second-order valence-corrected chi connectivity index (χ2v) is 8.04. The predicted molar refractivity (Wildman–Crippen MR) is 117 cm³/mol. The normalized spacial score (nSPS) is 11.0. The second kappa shape index (κ2) is 8.59. The molecule has 4 rings (SSSR count). The summed E-state index contributed by atoms with van der Waals surface area (Å²) in [7, 11) is 0. The standard InChI is InChI=1S/C19H13Cl3N4O2S/c20-11-5-6-13(21)12(9-11)15-10-29-19-24-18(25-26(15)19)23-17(27)7-8-28-16-4-2-1-3-14(16)22/h1-6,9-10H,7-8H2,(H,23,25,27). The van der Waals surface area contributed by atoms with Gasteiger partial charge in [0.25, 0.3) is 0 Å². The Kier molecular flexibility index (Phi) is 5.91. The molecule has 0 spiro atoms. The molecule has 0 atom stereocenters. The van der Waals surface area contributed by atoms with Crippen LogP contribution in [0.3, 0.4) is 0 Å². The van der Waals surface area contributed by atoms with Crippen LogP contribution in [0.25, 0.3) is 16.2 Å². The molecule has 2 aromatic carbocycles. The number of amides is 1. The summed E-state index contributed by atoms with van der Waals surface area (Å²) in [5, 5.41) is 10.5. The Morgan fingerprint density at radius 3 is 2.79 bits per heavy atom. The van der Waals surface area contributed by atoms with Crippen molar-refractivity contribution < 1.29 is 9.53 Å². The SMILES string of the molecule is O=C(CCOc1ccccc1Cl)Nc1nc2scc(-c3cc(Cl)ccc3Cl)n2n1. The molecule has 0 aliphatic rings. The highest BCUT2D eigenvalue weighted by Gasteiger charge is 2.15. The zero-order valence-corrected chi connectivity index (χ0v) is 17.8. The number of nitrogens with one attached hydrogen (secondary N) is 1. The number of rotatable bonds is 6. The van der Waals surface area contributed by atoms with Gasteiger partial charge in [0.15, 0.2) is 0 Å². The van der Waals surface area contributed by atoms with E-state index in [1.807, 2.05) is 17.5 Å². The topological polar surface area (TPSA) is 68.5 Å². The van der Waals surface area contributed by atoms with Gasteiger partial charge >= 0.3 is 0 Å². The van der Waals surface area contributed by atoms with E-state index in [9.17, 15) is 4.79 Å². The second-order valence-electron chi connectivity index (χ2n) is 5.95. The molecule has 0 aliphatic carbocycles. The maximum absolute atomic E-state index is 12.2. The maximum atomic E-state index is 12.2. The Hall–Kier alpha value is -2.32. The minimum absolute atomic E-state index is 0.130. The first-order chi connectivity index (χ1) is 14.0. The molecule has 2 heterocycles. The lowest BCUT2D eigenvalue weighted by Crippen LogP contribution is -2.16. The number of nitrogens with zero attached hydrogens (tertiary/aromatic N) is 3. The molecule has 1 amide bonds. The molecule has 1 N–H and O–H groups in total. The van der Waals surface area contributed by atoms with Gasteiger partial charge in [0.1, 0.15) is 5.75 Å². The van der Waals surface area contributed by atoms with Crippen LogP contribution in [0.4, 0.5) is 5.95 Å². The Morgan fingerprint density at radius 2 is 1.97 bits per heavy atom. The number of aromatic nitrogens is 3. The van der Waals surface area contributed by atoms with Gasteiger partial charge < -0.3 is 4.74 Å². The molecular weight excluding hydrogens is 455 g/mol. The van der Waals surface area contributed by atoms with Crippen molar-refractivity contribution in [3.05, 3.63) is 62.9 Å².